The minimum Gasteiger partial charge on any atom is -0.397 e. The topological polar surface area (TPSA) is 154 Å². The van der Waals surface area contributed by atoms with Crippen LogP contribution < -0.4 is 11.1 Å². The Balaban J connectivity index is 1.39. The van der Waals surface area contributed by atoms with Gasteiger partial charge < -0.3 is 30.5 Å². The van der Waals surface area contributed by atoms with Gasteiger partial charge in [0.05, 0.1) is 45.3 Å². The molecule has 0 bridgehead atoms. The molecule has 280 valence electrons. The van der Waals surface area contributed by atoms with Crippen molar-refractivity contribution in [3.63, 3.8) is 0 Å². The number of imidazole rings is 1. The summed E-state index contributed by atoms with van der Waals surface area (Å²) in [6, 6.07) is 19.4. The molecule has 1 saturated heterocycles. The number of aryl methyl sites for hydroxylation is 1. The van der Waals surface area contributed by atoms with Crippen LogP contribution >= 0.6 is 11.6 Å². The zero-order chi connectivity index (χ0) is 37.7. The maximum absolute atomic E-state index is 14.4. The third-order valence-electron chi connectivity index (χ3n) is 9.78. The van der Waals surface area contributed by atoms with Crippen LogP contribution in [0.15, 0.2) is 77.7 Å². The number of nitrogens with two attached hydrogens (primary N) is 1. The fourth-order valence-electron chi connectivity index (χ4n) is 6.71. The van der Waals surface area contributed by atoms with Gasteiger partial charge in [-0.25, -0.2) is 18.2 Å². The standard InChI is InChI=1S/C38H50ClN7O5S/c1-6-26(4)36(46-19-18-44(38(46)49)24-35-41-31-14-10-11-15-33(31)43(35)5)37(48)42-32(20-27-12-8-7-9-13-27)34(47)23-45(22-25(2)3)52(50,51)28-16-17-29(39)30(40)21-28/h7-17,21,25-26,32,34,36,47H,6,18-20,22-24,40H2,1-5H3,(H,42,48)/t26-,32-,34+,36-/m0/s1. The predicted molar refractivity (Wildman–Crippen MR) is 204 cm³/mol. The summed E-state index contributed by atoms with van der Waals surface area (Å²) in [5, 5.41) is 15.1. The van der Waals surface area contributed by atoms with E-state index >= 15 is 0 Å². The van der Waals surface area contributed by atoms with E-state index in [0.717, 1.165) is 22.4 Å². The number of nitrogens with one attached hydrogen (secondary N) is 1. The molecule has 0 aliphatic carbocycles. The number of para-hydroxylation sites is 2. The Labute approximate surface area is 311 Å². The van der Waals surface area contributed by atoms with Crippen LogP contribution in [0.2, 0.25) is 5.02 Å². The monoisotopic (exact) mass is 751 g/mol. The lowest BCUT2D eigenvalue weighted by molar-refractivity contribution is -0.128. The number of benzene rings is 3. The molecule has 14 heteroatoms. The molecule has 12 nitrogen and oxygen atoms in total. The van der Waals surface area contributed by atoms with Gasteiger partial charge in [0.25, 0.3) is 0 Å². The van der Waals surface area contributed by atoms with Crippen molar-refractivity contribution in [3.05, 3.63) is 89.2 Å². The average molecular weight is 752 g/mol. The van der Waals surface area contributed by atoms with E-state index in [1.54, 1.807) is 9.80 Å². The smallest absolute Gasteiger partial charge is 0.321 e. The molecule has 52 heavy (non-hydrogen) atoms. The van der Waals surface area contributed by atoms with Crippen molar-refractivity contribution >= 4 is 50.3 Å². The number of sulfonamides is 1. The van der Waals surface area contributed by atoms with Crippen molar-refractivity contribution in [2.24, 2.45) is 18.9 Å². The molecule has 3 aromatic carbocycles. The van der Waals surface area contributed by atoms with Crippen LogP contribution in [-0.4, -0.2) is 93.5 Å². The SMILES string of the molecule is CC[C@H](C)[C@@H](C(=O)N[C@@H](Cc1ccccc1)[C@H](O)CN(CC(C)C)S(=O)(=O)c1ccc(Cl)c(N)c1)N1CCN(Cc2nc3ccccc3n2C)C1=O. The van der Waals surface area contributed by atoms with Gasteiger partial charge in [-0.2, -0.15) is 4.31 Å². The molecule has 1 aliphatic heterocycles. The molecule has 4 atom stereocenters. The Hall–Kier alpha value is -4.17. The lowest BCUT2D eigenvalue weighted by Crippen LogP contribution is -2.57. The molecule has 1 aliphatic rings. The second-order valence-corrected chi connectivity index (χ2v) is 16.4. The van der Waals surface area contributed by atoms with Gasteiger partial charge in [0.2, 0.25) is 15.9 Å². The molecule has 1 aromatic heterocycles. The maximum atomic E-state index is 14.4. The van der Waals surface area contributed by atoms with Crippen molar-refractivity contribution < 1.29 is 23.1 Å². The summed E-state index contributed by atoms with van der Waals surface area (Å²) in [6.07, 6.45) is -0.441. The second-order valence-electron chi connectivity index (χ2n) is 14.1. The van der Waals surface area contributed by atoms with E-state index in [-0.39, 0.29) is 53.0 Å². The summed E-state index contributed by atoms with van der Waals surface area (Å²) >= 11 is 6.08. The molecule has 1 fully saturated rings. The molecule has 2 heterocycles. The van der Waals surface area contributed by atoms with Crippen LogP contribution in [0.3, 0.4) is 0 Å². The lowest BCUT2D eigenvalue weighted by Gasteiger charge is -2.35. The van der Waals surface area contributed by atoms with E-state index in [1.165, 1.54) is 22.5 Å². The highest BCUT2D eigenvalue weighted by Gasteiger charge is 2.41. The third-order valence-corrected chi connectivity index (χ3v) is 12.0. The van der Waals surface area contributed by atoms with Gasteiger partial charge in [-0.05, 0) is 54.2 Å². The van der Waals surface area contributed by atoms with E-state index in [4.69, 9.17) is 22.3 Å². The molecular weight excluding hydrogens is 702 g/mol. The molecule has 5 rings (SSSR count). The number of carbonyl (C=O) groups is 2. The second kappa shape index (κ2) is 16.7. The van der Waals surface area contributed by atoms with Crippen LogP contribution in [0.4, 0.5) is 10.5 Å². The highest BCUT2D eigenvalue weighted by atomic mass is 35.5. The van der Waals surface area contributed by atoms with Crippen LogP contribution in [-0.2, 0) is 34.8 Å². The fourth-order valence-corrected chi connectivity index (χ4v) is 8.48. The van der Waals surface area contributed by atoms with Crippen molar-refractivity contribution in [2.45, 2.75) is 70.2 Å². The number of aliphatic hydroxyl groups is 1. The minimum atomic E-state index is -4.11. The Kier molecular flexibility index (Phi) is 12.5. The van der Waals surface area contributed by atoms with Crippen molar-refractivity contribution in [3.8, 4) is 0 Å². The van der Waals surface area contributed by atoms with E-state index in [9.17, 15) is 23.1 Å². The first-order valence-electron chi connectivity index (χ1n) is 17.7. The highest BCUT2D eigenvalue weighted by molar-refractivity contribution is 7.89. The van der Waals surface area contributed by atoms with E-state index in [2.05, 4.69) is 5.32 Å². The number of rotatable bonds is 16. The number of carbonyl (C=O) groups excluding carboxylic acids is 2. The number of anilines is 1. The maximum Gasteiger partial charge on any atom is 0.321 e. The molecule has 0 spiro atoms. The van der Waals surface area contributed by atoms with Gasteiger partial charge in [0.1, 0.15) is 11.9 Å². The first-order chi connectivity index (χ1) is 24.7. The molecular formula is C38H50ClN7O5S. The number of aliphatic hydroxyl groups excluding tert-OH is 1. The molecule has 4 aromatic rings. The fraction of sp³-hybridized carbons (Fsp3) is 0.447. The Morgan fingerprint density at radius 1 is 1.04 bits per heavy atom. The van der Waals surface area contributed by atoms with E-state index in [0.29, 0.717) is 26.1 Å². The molecule has 0 unspecified atom stereocenters. The zero-order valence-electron chi connectivity index (χ0n) is 30.4. The van der Waals surface area contributed by atoms with Crippen LogP contribution in [0, 0.1) is 11.8 Å². The average Bonchev–Trinajstić information content (AvgIpc) is 3.63. The highest BCUT2D eigenvalue weighted by Crippen LogP contribution is 2.27. The summed E-state index contributed by atoms with van der Waals surface area (Å²) in [6.45, 7) is 8.58. The van der Waals surface area contributed by atoms with E-state index in [1.807, 2.05) is 93.9 Å². The summed E-state index contributed by atoms with van der Waals surface area (Å²) < 4.78 is 31.1. The van der Waals surface area contributed by atoms with Gasteiger partial charge in [0, 0.05) is 33.2 Å². The van der Waals surface area contributed by atoms with Gasteiger partial charge in [-0.15, -0.1) is 0 Å². The number of hydrogen-bond acceptors (Lipinski definition) is 7. The first-order valence-corrected chi connectivity index (χ1v) is 19.6. The normalized spacial score (nSPS) is 16.1. The van der Waals surface area contributed by atoms with E-state index < -0.39 is 34.1 Å². The van der Waals surface area contributed by atoms with Crippen molar-refractivity contribution in [2.75, 3.05) is 31.9 Å². The number of aromatic nitrogens is 2. The number of hydrogen-bond donors (Lipinski definition) is 3. The molecule has 3 amide bonds. The molecule has 4 N–H and O–H groups in total. The number of urea groups is 1. The quantitative estimate of drug-likeness (QED) is 0.138. The number of fused-ring (bicyclic) bond motifs is 1. The van der Waals surface area contributed by atoms with Gasteiger partial charge >= 0.3 is 6.03 Å². The number of amides is 3. The number of halogens is 1. The first kappa shape index (κ1) is 39.0. The van der Waals surface area contributed by atoms with Gasteiger partial charge in [0.15, 0.2) is 0 Å². The number of nitrogens with zero attached hydrogens (tertiary/aromatic N) is 5. The zero-order valence-corrected chi connectivity index (χ0v) is 32.0. The molecule has 0 saturated carbocycles. The minimum absolute atomic E-state index is 0.0431. The summed E-state index contributed by atoms with van der Waals surface area (Å²) in [7, 11) is -2.18. The van der Waals surface area contributed by atoms with Crippen LogP contribution in [0.1, 0.15) is 45.5 Å². The van der Waals surface area contributed by atoms with Crippen LogP contribution in [0.5, 0.6) is 0 Å². The molecule has 0 radical (unpaired) electrons. The Bertz CT molecular complexity index is 1970. The van der Waals surface area contributed by atoms with Gasteiger partial charge in [-0.3, -0.25) is 4.79 Å². The summed E-state index contributed by atoms with van der Waals surface area (Å²) in [5.41, 5.74) is 8.75. The summed E-state index contributed by atoms with van der Waals surface area (Å²) in [5.74, 6) is 0.0596. The predicted octanol–water partition coefficient (Wildman–Crippen LogP) is 4.90. The number of nitrogen functional groups attached to an aromatic ring is 1. The lowest BCUT2D eigenvalue weighted by atomic mass is 9.95. The van der Waals surface area contributed by atoms with Crippen molar-refractivity contribution in [1.82, 2.24) is 29.0 Å². The van der Waals surface area contributed by atoms with Crippen molar-refractivity contribution in [1.29, 1.82) is 0 Å². The van der Waals surface area contributed by atoms with Gasteiger partial charge in [-0.1, -0.05) is 88.2 Å². The largest absolute Gasteiger partial charge is 0.397 e. The summed E-state index contributed by atoms with van der Waals surface area (Å²) in [4.78, 5) is 36.3. The van der Waals surface area contributed by atoms with Crippen LogP contribution in [0.25, 0.3) is 11.0 Å². The Morgan fingerprint density at radius 2 is 1.73 bits per heavy atom. The Morgan fingerprint density at radius 3 is 2.38 bits per heavy atom. The third kappa shape index (κ3) is 8.71.